The maximum absolute atomic E-state index is 11.9. The second kappa shape index (κ2) is 6.42. The lowest BCUT2D eigenvalue weighted by atomic mass is 10.3. The minimum Gasteiger partial charge on any atom is -0.369 e. The number of nitrogens with zero attached hydrogens (tertiary/aromatic N) is 3. The number of hydrogen-bond donors (Lipinski definition) is 2. The largest absolute Gasteiger partial charge is 0.369 e. The monoisotopic (exact) mass is 287 g/mol. The molecule has 0 aliphatic carbocycles. The first-order chi connectivity index (χ1) is 10.1. The number of nitro groups is 1. The van der Waals surface area contributed by atoms with Crippen LogP contribution in [0.3, 0.4) is 0 Å². The van der Waals surface area contributed by atoms with Gasteiger partial charge in [0.1, 0.15) is 11.5 Å². The molecule has 1 amide bonds. The first-order valence-electron chi connectivity index (χ1n) is 6.22. The lowest BCUT2D eigenvalue weighted by molar-refractivity contribution is -0.384. The highest BCUT2D eigenvalue weighted by Crippen LogP contribution is 2.16. The van der Waals surface area contributed by atoms with Gasteiger partial charge in [-0.25, -0.2) is 9.97 Å². The summed E-state index contributed by atoms with van der Waals surface area (Å²) in [4.78, 5) is 30.0. The van der Waals surface area contributed by atoms with Crippen LogP contribution in [-0.2, 0) is 0 Å². The number of nitro benzene ring substituents is 1. The fourth-order valence-electron chi connectivity index (χ4n) is 1.58. The van der Waals surface area contributed by atoms with Crippen molar-refractivity contribution in [2.75, 3.05) is 17.2 Å². The molecule has 0 radical (unpaired) electrons. The van der Waals surface area contributed by atoms with Gasteiger partial charge in [0.05, 0.1) is 17.3 Å². The van der Waals surface area contributed by atoms with E-state index < -0.39 is 10.8 Å². The van der Waals surface area contributed by atoms with Crippen molar-refractivity contribution in [2.24, 2.45) is 0 Å². The molecule has 0 spiro atoms. The summed E-state index contributed by atoms with van der Waals surface area (Å²) in [5.74, 6) is 0.156. The highest BCUT2D eigenvalue weighted by molar-refractivity contribution is 6.02. The van der Waals surface area contributed by atoms with Crippen LogP contribution in [0.25, 0.3) is 0 Å². The Kier molecular flexibility index (Phi) is 4.39. The summed E-state index contributed by atoms with van der Waals surface area (Å²) in [6.07, 6.45) is 2.83. The molecule has 0 saturated heterocycles. The Morgan fingerprint density at radius 1 is 1.24 bits per heavy atom. The fourth-order valence-corrected chi connectivity index (χ4v) is 1.58. The normalized spacial score (nSPS) is 9.95. The molecule has 2 N–H and O–H groups in total. The summed E-state index contributed by atoms with van der Waals surface area (Å²) in [5.41, 5.74) is 0.570. The van der Waals surface area contributed by atoms with Crippen molar-refractivity contribution < 1.29 is 9.72 Å². The summed E-state index contributed by atoms with van der Waals surface area (Å²) in [6, 6.07) is 5.54. The summed E-state index contributed by atoms with van der Waals surface area (Å²) in [7, 11) is 0. The van der Waals surface area contributed by atoms with E-state index in [0.29, 0.717) is 18.1 Å². The van der Waals surface area contributed by atoms with Crippen LogP contribution in [0, 0.1) is 10.1 Å². The van der Waals surface area contributed by atoms with Gasteiger partial charge in [-0.2, -0.15) is 0 Å². The maximum Gasteiger partial charge on any atom is 0.275 e. The van der Waals surface area contributed by atoms with E-state index in [0.717, 1.165) is 0 Å². The van der Waals surface area contributed by atoms with E-state index in [2.05, 4.69) is 20.6 Å². The number of amides is 1. The molecule has 0 unspecified atom stereocenters. The second-order valence-electron chi connectivity index (χ2n) is 4.08. The van der Waals surface area contributed by atoms with Crippen molar-refractivity contribution in [1.29, 1.82) is 0 Å². The molecule has 21 heavy (non-hydrogen) atoms. The van der Waals surface area contributed by atoms with Crippen LogP contribution in [0.4, 0.5) is 17.2 Å². The van der Waals surface area contributed by atoms with Gasteiger partial charge in [0.2, 0.25) is 0 Å². The van der Waals surface area contributed by atoms with Crippen LogP contribution in [0.5, 0.6) is 0 Å². The van der Waals surface area contributed by atoms with Crippen LogP contribution < -0.4 is 10.6 Å². The zero-order chi connectivity index (χ0) is 15.2. The molecule has 8 nitrogen and oxygen atoms in total. The zero-order valence-corrected chi connectivity index (χ0v) is 11.2. The highest BCUT2D eigenvalue weighted by atomic mass is 16.6. The number of rotatable bonds is 5. The Morgan fingerprint density at radius 2 is 1.95 bits per heavy atom. The van der Waals surface area contributed by atoms with Crippen molar-refractivity contribution >= 4 is 23.1 Å². The summed E-state index contributed by atoms with van der Waals surface area (Å²) < 4.78 is 0. The van der Waals surface area contributed by atoms with Crippen LogP contribution in [0.2, 0.25) is 0 Å². The lowest BCUT2D eigenvalue weighted by Crippen LogP contribution is -2.14. The molecule has 0 fully saturated rings. The molecule has 0 aliphatic heterocycles. The van der Waals surface area contributed by atoms with Crippen LogP contribution in [0.1, 0.15) is 17.4 Å². The van der Waals surface area contributed by atoms with Gasteiger partial charge in [-0.3, -0.25) is 14.9 Å². The minimum absolute atomic E-state index is 0.0391. The Labute approximate surface area is 120 Å². The zero-order valence-electron chi connectivity index (χ0n) is 11.2. The van der Waals surface area contributed by atoms with E-state index in [4.69, 9.17) is 0 Å². The van der Waals surface area contributed by atoms with Crippen molar-refractivity contribution in [3.05, 3.63) is 52.5 Å². The molecule has 0 bridgehead atoms. The van der Waals surface area contributed by atoms with Crippen LogP contribution in [-0.4, -0.2) is 27.3 Å². The number of carbonyl (C=O) groups excluding carboxylic acids is 1. The van der Waals surface area contributed by atoms with Crippen molar-refractivity contribution in [3.63, 3.8) is 0 Å². The van der Waals surface area contributed by atoms with Gasteiger partial charge in [-0.15, -0.1) is 0 Å². The summed E-state index contributed by atoms with van der Waals surface area (Å²) >= 11 is 0. The topological polar surface area (TPSA) is 110 Å². The van der Waals surface area contributed by atoms with Gasteiger partial charge in [-0.05, 0) is 19.1 Å². The number of hydrogen-bond acceptors (Lipinski definition) is 6. The van der Waals surface area contributed by atoms with Gasteiger partial charge < -0.3 is 10.6 Å². The number of anilines is 2. The molecule has 1 heterocycles. The third kappa shape index (κ3) is 3.72. The number of aromatic nitrogens is 2. The van der Waals surface area contributed by atoms with E-state index in [9.17, 15) is 14.9 Å². The average Bonchev–Trinajstić information content (AvgIpc) is 2.49. The van der Waals surface area contributed by atoms with E-state index in [-0.39, 0.29) is 11.4 Å². The summed E-state index contributed by atoms with van der Waals surface area (Å²) in [5, 5.41) is 16.1. The maximum atomic E-state index is 11.9. The third-order valence-electron chi connectivity index (χ3n) is 2.58. The first-order valence-corrected chi connectivity index (χ1v) is 6.22. The minimum atomic E-state index is -0.503. The van der Waals surface area contributed by atoms with E-state index in [1.165, 1.54) is 36.7 Å². The predicted octanol–water partition coefficient (Wildman–Crippen LogP) is 2.07. The molecule has 2 aromatic rings. The fraction of sp³-hybridized carbons (Fsp3) is 0.154. The number of benzene rings is 1. The van der Waals surface area contributed by atoms with E-state index in [1.807, 2.05) is 6.92 Å². The molecule has 8 heteroatoms. The Balaban J connectivity index is 2.05. The number of non-ortho nitro benzene ring substituents is 1. The first kappa shape index (κ1) is 14.4. The summed E-state index contributed by atoms with van der Waals surface area (Å²) in [6.45, 7) is 2.64. The SMILES string of the molecule is CCNc1cnc(C(=O)Nc2ccc([N+](=O)[O-])cc2)cn1. The molecule has 0 aliphatic rings. The molecular formula is C13H13N5O3. The molecule has 2 rings (SSSR count). The van der Waals surface area contributed by atoms with Gasteiger partial charge >= 0.3 is 0 Å². The standard InChI is InChI=1S/C13H13N5O3/c1-2-14-12-8-15-11(7-16-12)13(19)17-9-3-5-10(6-4-9)18(20)21/h3-8H,2H2,1H3,(H,14,16)(H,17,19). The van der Waals surface area contributed by atoms with Crippen LogP contribution in [0.15, 0.2) is 36.7 Å². The average molecular weight is 287 g/mol. The van der Waals surface area contributed by atoms with Gasteiger partial charge in [-0.1, -0.05) is 0 Å². The van der Waals surface area contributed by atoms with Crippen molar-refractivity contribution in [2.45, 2.75) is 6.92 Å². The van der Waals surface area contributed by atoms with Crippen molar-refractivity contribution in [3.8, 4) is 0 Å². The lowest BCUT2D eigenvalue weighted by Gasteiger charge is -2.05. The second-order valence-corrected chi connectivity index (χ2v) is 4.08. The smallest absolute Gasteiger partial charge is 0.275 e. The highest BCUT2D eigenvalue weighted by Gasteiger charge is 2.10. The molecule has 108 valence electrons. The Hall–Kier alpha value is -3.03. The Bertz CT molecular complexity index is 640. The van der Waals surface area contributed by atoms with E-state index in [1.54, 1.807) is 0 Å². The molecule has 0 saturated carbocycles. The van der Waals surface area contributed by atoms with Crippen molar-refractivity contribution in [1.82, 2.24) is 9.97 Å². The van der Waals surface area contributed by atoms with Gasteiger partial charge in [0.15, 0.2) is 0 Å². The molecule has 1 aromatic carbocycles. The quantitative estimate of drug-likeness (QED) is 0.643. The molecule has 0 atom stereocenters. The Morgan fingerprint density at radius 3 is 2.48 bits per heavy atom. The number of nitrogens with one attached hydrogen (secondary N) is 2. The third-order valence-corrected chi connectivity index (χ3v) is 2.58. The van der Waals surface area contributed by atoms with Crippen LogP contribution >= 0.6 is 0 Å². The van der Waals surface area contributed by atoms with Gasteiger partial charge in [0.25, 0.3) is 11.6 Å². The molecular weight excluding hydrogens is 274 g/mol. The van der Waals surface area contributed by atoms with Gasteiger partial charge in [0, 0.05) is 24.4 Å². The number of carbonyl (C=O) groups is 1. The molecule has 1 aromatic heterocycles. The predicted molar refractivity (Wildman–Crippen MR) is 77.2 cm³/mol. The van der Waals surface area contributed by atoms with E-state index >= 15 is 0 Å².